The second-order valence-electron chi connectivity index (χ2n) is 8.64. The summed E-state index contributed by atoms with van der Waals surface area (Å²) in [7, 11) is 2.16. The molecule has 7 heteroatoms. The molecule has 5 rings (SSSR count). The fraction of sp³-hybridized carbons (Fsp3) is 0.269. The topological polar surface area (TPSA) is 83.9 Å². The molecular weight excluding hydrogens is 410 g/mol. The van der Waals surface area contributed by atoms with E-state index in [1.807, 2.05) is 30.7 Å². The summed E-state index contributed by atoms with van der Waals surface area (Å²) >= 11 is 0. The molecular formula is C26H27N7. The predicted octanol–water partition coefficient (Wildman–Crippen LogP) is 4.30. The van der Waals surface area contributed by atoms with Crippen LogP contribution in [-0.4, -0.2) is 58.0 Å². The van der Waals surface area contributed by atoms with Crippen LogP contribution in [0.3, 0.4) is 0 Å². The second kappa shape index (κ2) is 9.02. The van der Waals surface area contributed by atoms with Crippen LogP contribution < -0.4 is 5.32 Å². The number of aromatic amines is 1. The van der Waals surface area contributed by atoms with Gasteiger partial charge < -0.3 is 15.2 Å². The maximum atomic E-state index is 9.81. The molecule has 1 fully saturated rings. The summed E-state index contributed by atoms with van der Waals surface area (Å²) in [5, 5.41) is 14.5. The van der Waals surface area contributed by atoms with E-state index < -0.39 is 0 Å². The fourth-order valence-corrected chi connectivity index (χ4v) is 4.42. The number of aromatic nitrogens is 3. The summed E-state index contributed by atoms with van der Waals surface area (Å²) in [5.41, 5.74) is 7.39. The first-order chi connectivity index (χ1) is 16.1. The Kier molecular flexibility index (Phi) is 5.78. The Morgan fingerprint density at radius 2 is 1.97 bits per heavy atom. The lowest BCUT2D eigenvalue weighted by molar-refractivity contribution is 0.147. The van der Waals surface area contributed by atoms with Crippen LogP contribution in [0.4, 0.5) is 11.4 Å². The van der Waals surface area contributed by atoms with E-state index in [0.29, 0.717) is 5.56 Å². The van der Waals surface area contributed by atoms with E-state index in [4.69, 9.17) is 0 Å². The highest BCUT2D eigenvalue weighted by Gasteiger charge is 2.17. The number of aryl methyl sites for hydroxylation is 1. The van der Waals surface area contributed by atoms with Crippen LogP contribution in [0.1, 0.15) is 16.8 Å². The van der Waals surface area contributed by atoms with Gasteiger partial charge in [-0.05, 0) is 55.4 Å². The van der Waals surface area contributed by atoms with Crippen LogP contribution in [0, 0.1) is 18.3 Å². The number of nitrogens with one attached hydrogen (secondary N) is 2. The van der Waals surface area contributed by atoms with Gasteiger partial charge >= 0.3 is 0 Å². The third-order valence-electron chi connectivity index (χ3n) is 6.44. The van der Waals surface area contributed by atoms with Crippen molar-refractivity contribution in [2.24, 2.45) is 0 Å². The number of rotatable bonds is 5. The lowest BCUT2D eigenvalue weighted by Gasteiger charge is -2.32. The molecule has 166 valence electrons. The van der Waals surface area contributed by atoms with Crippen LogP contribution in [0.2, 0.25) is 0 Å². The van der Waals surface area contributed by atoms with Gasteiger partial charge in [0.1, 0.15) is 6.07 Å². The van der Waals surface area contributed by atoms with Crippen LogP contribution in [0.5, 0.6) is 0 Å². The van der Waals surface area contributed by atoms with Gasteiger partial charge in [-0.1, -0.05) is 0 Å². The molecule has 3 aromatic heterocycles. The standard InChI is InChI=1S/C26H27N7/c1-18-22-6-8-30-25(22)4-3-24(18)31-26-20(14-27)15-28-16-23(26)19-5-7-29-21(13-19)17-33-11-9-32(2)10-12-33/h3-8,13,15-16,30H,9-12,17H2,1-2H3,(H,28,31). The van der Waals surface area contributed by atoms with Crippen molar-refractivity contribution in [1.82, 2.24) is 24.8 Å². The fourth-order valence-electron chi connectivity index (χ4n) is 4.42. The molecule has 0 radical (unpaired) electrons. The molecule has 0 unspecified atom stereocenters. The molecule has 4 heterocycles. The lowest BCUT2D eigenvalue weighted by Crippen LogP contribution is -2.44. The number of anilines is 2. The highest BCUT2D eigenvalue weighted by molar-refractivity contribution is 5.91. The van der Waals surface area contributed by atoms with Crippen molar-refractivity contribution >= 4 is 22.3 Å². The normalized spacial score (nSPS) is 14.9. The quantitative estimate of drug-likeness (QED) is 0.484. The first kappa shape index (κ1) is 21.1. The van der Waals surface area contributed by atoms with E-state index in [1.165, 1.54) is 0 Å². The van der Waals surface area contributed by atoms with E-state index in [0.717, 1.165) is 77.4 Å². The summed E-state index contributed by atoms with van der Waals surface area (Å²) in [5.74, 6) is 0. The maximum absolute atomic E-state index is 9.81. The SMILES string of the molecule is Cc1c(Nc2c(C#N)cncc2-c2ccnc(CN3CCN(C)CC3)c2)ccc2[nH]ccc12. The van der Waals surface area contributed by atoms with E-state index in [1.54, 1.807) is 6.20 Å². The number of nitrogens with zero attached hydrogens (tertiary/aromatic N) is 5. The average molecular weight is 438 g/mol. The van der Waals surface area contributed by atoms with Gasteiger partial charge in [-0.25, -0.2) is 0 Å². The Morgan fingerprint density at radius 1 is 1.12 bits per heavy atom. The van der Waals surface area contributed by atoms with Crippen LogP contribution >= 0.6 is 0 Å². The molecule has 0 atom stereocenters. The largest absolute Gasteiger partial charge is 0.361 e. The van der Waals surface area contributed by atoms with Crippen LogP contribution in [-0.2, 0) is 6.54 Å². The number of hydrogen-bond acceptors (Lipinski definition) is 6. The van der Waals surface area contributed by atoms with Gasteiger partial charge in [0.25, 0.3) is 0 Å². The third kappa shape index (κ3) is 4.31. The zero-order valence-corrected chi connectivity index (χ0v) is 19.0. The molecule has 0 aliphatic carbocycles. The number of hydrogen-bond donors (Lipinski definition) is 2. The number of fused-ring (bicyclic) bond motifs is 1. The van der Waals surface area contributed by atoms with Gasteiger partial charge in [0.2, 0.25) is 0 Å². The van der Waals surface area contributed by atoms with E-state index in [2.05, 4.69) is 68.3 Å². The Hall–Kier alpha value is -3.73. The summed E-state index contributed by atoms with van der Waals surface area (Å²) in [6.45, 7) is 7.15. The molecule has 1 saturated heterocycles. The molecule has 0 bridgehead atoms. The van der Waals surface area contributed by atoms with Crippen molar-refractivity contribution in [3.05, 3.63) is 71.9 Å². The molecule has 4 aromatic rings. The number of piperazine rings is 1. The van der Waals surface area contributed by atoms with Crippen LogP contribution in [0.25, 0.3) is 22.0 Å². The van der Waals surface area contributed by atoms with Crippen molar-refractivity contribution in [1.29, 1.82) is 5.26 Å². The Bertz CT molecular complexity index is 1330. The molecule has 1 aromatic carbocycles. The highest BCUT2D eigenvalue weighted by atomic mass is 15.2. The van der Waals surface area contributed by atoms with Gasteiger partial charge in [0.15, 0.2) is 0 Å². The smallest absolute Gasteiger partial charge is 0.103 e. The van der Waals surface area contributed by atoms with E-state index in [-0.39, 0.29) is 0 Å². The molecule has 0 saturated carbocycles. The Balaban J connectivity index is 1.49. The molecule has 2 N–H and O–H groups in total. The molecule has 33 heavy (non-hydrogen) atoms. The monoisotopic (exact) mass is 437 g/mol. The number of H-pyrrole nitrogens is 1. The molecule has 1 aliphatic heterocycles. The Morgan fingerprint density at radius 3 is 2.79 bits per heavy atom. The van der Waals surface area contributed by atoms with Crippen molar-refractivity contribution in [3.8, 4) is 17.2 Å². The minimum absolute atomic E-state index is 0.512. The molecule has 7 nitrogen and oxygen atoms in total. The lowest BCUT2D eigenvalue weighted by atomic mass is 10.0. The van der Waals surface area contributed by atoms with Crippen molar-refractivity contribution < 1.29 is 0 Å². The van der Waals surface area contributed by atoms with Crippen LogP contribution in [0.15, 0.2) is 55.1 Å². The zero-order valence-electron chi connectivity index (χ0n) is 19.0. The minimum atomic E-state index is 0.512. The predicted molar refractivity (Wildman–Crippen MR) is 131 cm³/mol. The summed E-state index contributed by atoms with van der Waals surface area (Å²) in [6.07, 6.45) is 7.23. The highest BCUT2D eigenvalue weighted by Crippen LogP contribution is 2.35. The first-order valence-corrected chi connectivity index (χ1v) is 11.2. The van der Waals surface area contributed by atoms with Gasteiger partial charge in [-0.15, -0.1) is 0 Å². The van der Waals surface area contributed by atoms with E-state index >= 15 is 0 Å². The summed E-state index contributed by atoms with van der Waals surface area (Å²) in [4.78, 5) is 17.0. The maximum Gasteiger partial charge on any atom is 0.103 e. The average Bonchev–Trinajstić information content (AvgIpc) is 3.32. The number of pyridine rings is 2. The number of likely N-dealkylation sites (N-methyl/N-ethyl adjacent to an activating group) is 1. The summed E-state index contributed by atoms with van der Waals surface area (Å²) < 4.78 is 0. The van der Waals surface area contributed by atoms with Gasteiger partial charge in [0.05, 0.1) is 16.9 Å². The van der Waals surface area contributed by atoms with Crippen molar-refractivity contribution in [2.75, 3.05) is 38.5 Å². The minimum Gasteiger partial charge on any atom is -0.361 e. The van der Waals surface area contributed by atoms with Gasteiger partial charge in [-0.3, -0.25) is 14.9 Å². The number of nitriles is 1. The zero-order chi connectivity index (χ0) is 22.8. The van der Waals surface area contributed by atoms with E-state index in [9.17, 15) is 5.26 Å². The molecule has 1 aliphatic rings. The Labute approximate surface area is 193 Å². The summed E-state index contributed by atoms with van der Waals surface area (Å²) in [6, 6.07) is 12.6. The van der Waals surface area contributed by atoms with Crippen molar-refractivity contribution in [2.45, 2.75) is 13.5 Å². The van der Waals surface area contributed by atoms with Gasteiger partial charge in [-0.2, -0.15) is 5.26 Å². The molecule has 0 amide bonds. The van der Waals surface area contributed by atoms with Crippen molar-refractivity contribution in [3.63, 3.8) is 0 Å². The second-order valence-corrected chi connectivity index (χ2v) is 8.64. The number of benzene rings is 1. The molecule has 0 spiro atoms. The first-order valence-electron chi connectivity index (χ1n) is 11.2. The van der Waals surface area contributed by atoms with Gasteiger partial charge in [0, 0.05) is 79.7 Å². The third-order valence-corrected chi connectivity index (χ3v) is 6.44.